The van der Waals surface area contributed by atoms with Gasteiger partial charge in [-0.25, -0.2) is 9.97 Å². The summed E-state index contributed by atoms with van der Waals surface area (Å²) in [4.78, 5) is 18.3. The zero-order valence-electron chi connectivity index (χ0n) is 9.58. The van der Waals surface area contributed by atoms with E-state index in [0.717, 1.165) is 0 Å². The lowest BCUT2D eigenvalue weighted by molar-refractivity contribution is -0.145. The largest absolute Gasteiger partial charge is 0.481 e. The molecule has 0 aromatic carbocycles. The Hall–Kier alpha value is -1.66. The Kier molecular flexibility index (Phi) is 3.00. The van der Waals surface area contributed by atoms with Crippen LogP contribution < -0.4 is 0 Å². The lowest BCUT2D eigenvalue weighted by Gasteiger charge is -2.23. The summed E-state index contributed by atoms with van der Waals surface area (Å²) in [5.41, 5.74) is -0.727. The first kappa shape index (κ1) is 12.8. The van der Waals surface area contributed by atoms with Crippen molar-refractivity contribution in [2.24, 2.45) is 5.92 Å². The number of aliphatic carboxylic acids is 1. The van der Waals surface area contributed by atoms with Gasteiger partial charge in [0.25, 0.3) is 0 Å². The average Bonchev–Trinajstić information content (AvgIpc) is 2.25. The van der Waals surface area contributed by atoms with E-state index in [-0.39, 0.29) is 24.2 Å². The second-order valence-electron chi connectivity index (χ2n) is 4.32. The Morgan fingerprint density at radius 2 is 2.06 bits per heavy atom. The van der Waals surface area contributed by atoms with Crippen molar-refractivity contribution in [3.05, 3.63) is 22.8 Å². The summed E-state index contributed by atoms with van der Waals surface area (Å²) in [5.74, 6) is -1.80. The van der Waals surface area contributed by atoms with E-state index in [9.17, 15) is 18.0 Å². The number of hydrogen-bond acceptors (Lipinski definition) is 3. The molecule has 0 aliphatic heterocycles. The molecule has 0 radical (unpaired) electrons. The minimum atomic E-state index is -4.57. The summed E-state index contributed by atoms with van der Waals surface area (Å²) in [6, 6.07) is 0. The predicted octanol–water partition coefficient (Wildman–Crippen LogP) is 1.99. The molecule has 2 rings (SSSR count). The van der Waals surface area contributed by atoms with Crippen molar-refractivity contribution >= 4 is 5.97 Å². The van der Waals surface area contributed by atoms with Crippen molar-refractivity contribution in [1.29, 1.82) is 0 Å². The number of fused-ring (bicyclic) bond motifs is 1. The molecule has 0 unspecified atom stereocenters. The van der Waals surface area contributed by atoms with E-state index in [2.05, 4.69) is 9.97 Å². The SMILES string of the molecule is Cc1nc2c(c(C(F)(F)F)n1)C[C@H](C(=O)O)CC2. The van der Waals surface area contributed by atoms with Gasteiger partial charge in [0.05, 0.1) is 5.92 Å². The number of aryl methyl sites for hydroxylation is 2. The van der Waals surface area contributed by atoms with Crippen LogP contribution in [0.3, 0.4) is 0 Å². The van der Waals surface area contributed by atoms with E-state index in [1.54, 1.807) is 0 Å². The van der Waals surface area contributed by atoms with Crippen molar-refractivity contribution in [2.45, 2.75) is 32.4 Å². The number of carboxylic acid groups (broad SMARTS) is 1. The van der Waals surface area contributed by atoms with Crippen LogP contribution in [0.4, 0.5) is 13.2 Å². The summed E-state index contributed by atoms with van der Waals surface area (Å²) < 4.78 is 38.5. The van der Waals surface area contributed by atoms with Gasteiger partial charge in [-0.1, -0.05) is 0 Å². The standard InChI is InChI=1S/C11H11F3N2O2/c1-5-15-8-3-2-6(10(17)18)4-7(8)9(16-5)11(12,13)14/h6H,2-4H2,1H3,(H,17,18)/t6-/m1/s1. The Morgan fingerprint density at radius 3 is 2.61 bits per heavy atom. The van der Waals surface area contributed by atoms with Gasteiger partial charge in [0.1, 0.15) is 5.82 Å². The maximum Gasteiger partial charge on any atom is 0.433 e. The van der Waals surface area contributed by atoms with E-state index in [1.807, 2.05) is 0 Å². The molecule has 1 atom stereocenters. The highest BCUT2D eigenvalue weighted by Crippen LogP contribution is 2.35. The molecule has 1 aliphatic carbocycles. The highest BCUT2D eigenvalue weighted by Gasteiger charge is 2.39. The van der Waals surface area contributed by atoms with Crippen molar-refractivity contribution in [3.8, 4) is 0 Å². The number of carboxylic acids is 1. The zero-order valence-corrected chi connectivity index (χ0v) is 9.58. The highest BCUT2D eigenvalue weighted by atomic mass is 19.4. The third kappa shape index (κ3) is 2.30. The highest BCUT2D eigenvalue weighted by molar-refractivity contribution is 5.71. The molecule has 0 bridgehead atoms. The molecule has 1 heterocycles. The number of carbonyl (C=O) groups is 1. The molecule has 7 heteroatoms. The van der Waals surface area contributed by atoms with Crippen LogP contribution in [0.5, 0.6) is 0 Å². The molecule has 98 valence electrons. The molecule has 0 saturated heterocycles. The molecular formula is C11H11F3N2O2. The van der Waals surface area contributed by atoms with Crippen LogP contribution in [0.25, 0.3) is 0 Å². The number of rotatable bonds is 1. The van der Waals surface area contributed by atoms with E-state index >= 15 is 0 Å². The summed E-state index contributed by atoms with van der Waals surface area (Å²) in [6.45, 7) is 1.40. The van der Waals surface area contributed by atoms with Gasteiger partial charge >= 0.3 is 12.1 Å². The van der Waals surface area contributed by atoms with Crippen LogP contribution >= 0.6 is 0 Å². The van der Waals surface area contributed by atoms with Gasteiger partial charge in [-0.05, 0) is 26.2 Å². The number of hydrogen-bond donors (Lipinski definition) is 1. The fourth-order valence-corrected chi connectivity index (χ4v) is 2.18. The predicted molar refractivity (Wildman–Crippen MR) is 54.9 cm³/mol. The summed E-state index contributed by atoms with van der Waals surface area (Å²) in [7, 11) is 0. The molecule has 18 heavy (non-hydrogen) atoms. The van der Waals surface area contributed by atoms with Crippen molar-refractivity contribution < 1.29 is 23.1 Å². The van der Waals surface area contributed by atoms with Gasteiger partial charge in [0, 0.05) is 11.3 Å². The fourth-order valence-electron chi connectivity index (χ4n) is 2.18. The molecule has 0 amide bonds. The monoisotopic (exact) mass is 260 g/mol. The van der Waals surface area contributed by atoms with E-state index in [1.165, 1.54) is 6.92 Å². The molecule has 0 saturated carbocycles. The molecule has 1 aromatic rings. The third-order valence-electron chi connectivity index (χ3n) is 3.00. The minimum absolute atomic E-state index is 0.0632. The lowest BCUT2D eigenvalue weighted by atomic mass is 9.85. The fraction of sp³-hybridized carbons (Fsp3) is 0.545. The molecule has 1 N–H and O–H groups in total. The Labute approximate surface area is 101 Å². The van der Waals surface area contributed by atoms with Crippen LogP contribution in [-0.2, 0) is 23.8 Å². The first-order chi connectivity index (χ1) is 8.29. The van der Waals surface area contributed by atoms with Gasteiger partial charge in [0.15, 0.2) is 5.69 Å². The van der Waals surface area contributed by atoms with Crippen LogP contribution in [-0.4, -0.2) is 21.0 Å². The van der Waals surface area contributed by atoms with Crippen molar-refractivity contribution in [1.82, 2.24) is 9.97 Å². The molecule has 4 nitrogen and oxygen atoms in total. The third-order valence-corrected chi connectivity index (χ3v) is 3.00. The quantitative estimate of drug-likeness (QED) is 0.838. The van der Waals surface area contributed by atoms with Crippen molar-refractivity contribution in [2.75, 3.05) is 0 Å². The molecular weight excluding hydrogens is 249 g/mol. The number of alkyl halides is 3. The van der Waals surface area contributed by atoms with Crippen LogP contribution in [0.15, 0.2) is 0 Å². The summed E-state index contributed by atoms with van der Waals surface area (Å²) in [6.07, 6.45) is -4.16. The van der Waals surface area contributed by atoms with E-state index < -0.39 is 23.8 Å². The smallest absolute Gasteiger partial charge is 0.433 e. The topological polar surface area (TPSA) is 63.1 Å². The minimum Gasteiger partial charge on any atom is -0.481 e. The molecule has 0 spiro atoms. The number of nitrogens with zero attached hydrogens (tertiary/aromatic N) is 2. The Morgan fingerprint density at radius 1 is 1.39 bits per heavy atom. The van der Waals surface area contributed by atoms with Crippen LogP contribution in [0.1, 0.15) is 29.2 Å². The lowest BCUT2D eigenvalue weighted by Crippen LogP contribution is -2.27. The molecule has 1 aliphatic rings. The van der Waals surface area contributed by atoms with Gasteiger partial charge < -0.3 is 5.11 Å². The zero-order chi connectivity index (χ0) is 13.5. The maximum absolute atomic E-state index is 12.8. The molecule has 1 aromatic heterocycles. The van der Waals surface area contributed by atoms with Gasteiger partial charge in [-0.2, -0.15) is 13.2 Å². The number of halogens is 3. The van der Waals surface area contributed by atoms with E-state index in [0.29, 0.717) is 12.1 Å². The van der Waals surface area contributed by atoms with Gasteiger partial charge in [0.2, 0.25) is 0 Å². The Bertz CT molecular complexity index is 500. The molecule has 0 fully saturated rings. The van der Waals surface area contributed by atoms with Crippen molar-refractivity contribution in [3.63, 3.8) is 0 Å². The van der Waals surface area contributed by atoms with Gasteiger partial charge in [-0.3, -0.25) is 4.79 Å². The number of aromatic nitrogens is 2. The first-order valence-corrected chi connectivity index (χ1v) is 5.45. The van der Waals surface area contributed by atoms with Crippen LogP contribution in [0.2, 0.25) is 0 Å². The normalized spacial score (nSPS) is 19.4. The average molecular weight is 260 g/mol. The Balaban J connectivity index is 2.50. The first-order valence-electron chi connectivity index (χ1n) is 5.45. The van der Waals surface area contributed by atoms with Crippen LogP contribution in [0, 0.1) is 12.8 Å². The summed E-state index contributed by atoms with van der Waals surface area (Å²) >= 11 is 0. The second kappa shape index (κ2) is 4.22. The summed E-state index contributed by atoms with van der Waals surface area (Å²) in [5, 5.41) is 8.89. The van der Waals surface area contributed by atoms with Gasteiger partial charge in [-0.15, -0.1) is 0 Å². The maximum atomic E-state index is 12.8. The van der Waals surface area contributed by atoms with E-state index in [4.69, 9.17) is 5.11 Å². The second-order valence-corrected chi connectivity index (χ2v) is 4.32.